The standard InChI is InChI=1S/C18H16F4N2O2/c19-12-8-11-4-3-7-24(17(11)13(20)9-12)10-16(25)23-14-5-1-2-6-15(14)26-18(21)22/h1-2,5-6,8-9,18H,3-4,7,10H2,(H,23,25). The number of carbonyl (C=O) groups excluding carboxylic acids is 1. The van der Waals surface area contributed by atoms with Crippen LogP contribution in [0.2, 0.25) is 0 Å². The van der Waals surface area contributed by atoms with E-state index in [1.54, 1.807) is 6.07 Å². The van der Waals surface area contributed by atoms with Gasteiger partial charge in [0.25, 0.3) is 0 Å². The number of benzene rings is 2. The molecule has 26 heavy (non-hydrogen) atoms. The highest BCUT2D eigenvalue weighted by Gasteiger charge is 2.24. The minimum atomic E-state index is -3.02. The molecule has 0 radical (unpaired) electrons. The number of anilines is 2. The first-order valence-corrected chi connectivity index (χ1v) is 8.00. The monoisotopic (exact) mass is 368 g/mol. The Hall–Kier alpha value is -2.77. The molecular formula is C18H16F4N2O2. The molecule has 0 saturated heterocycles. The van der Waals surface area contributed by atoms with Crippen molar-refractivity contribution in [3.63, 3.8) is 0 Å². The minimum absolute atomic E-state index is 0.0922. The van der Waals surface area contributed by atoms with E-state index < -0.39 is 24.2 Å². The van der Waals surface area contributed by atoms with Crippen molar-refractivity contribution in [3.8, 4) is 5.75 Å². The summed E-state index contributed by atoms with van der Waals surface area (Å²) < 4.78 is 56.8. The summed E-state index contributed by atoms with van der Waals surface area (Å²) in [6.45, 7) is -2.79. The van der Waals surface area contributed by atoms with Crippen LogP contribution in [0.3, 0.4) is 0 Å². The van der Waals surface area contributed by atoms with Gasteiger partial charge in [0.1, 0.15) is 17.4 Å². The third kappa shape index (κ3) is 4.07. The lowest BCUT2D eigenvalue weighted by molar-refractivity contribution is -0.115. The van der Waals surface area contributed by atoms with E-state index in [0.29, 0.717) is 24.9 Å². The number of nitrogens with zero attached hydrogens (tertiary/aromatic N) is 1. The fourth-order valence-corrected chi connectivity index (χ4v) is 3.03. The van der Waals surface area contributed by atoms with Crippen LogP contribution in [-0.2, 0) is 11.2 Å². The van der Waals surface area contributed by atoms with Crippen LogP contribution in [0.15, 0.2) is 36.4 Å². The van der Waals surface area contributed by atoms with Crippen LogP contribution in [0.4, 0.5) is 28.9 Å². The van der Waals surface area contributed by atoms with Crippen molar-refractivity contribution in [3.05, 3.63) is 53.6 Å². The maximum atomic E-state index is 14.2. The van der Waals surface area contributed by atoms with Gasteiger partial charge in [-0.05, 0) is 36.6 Å². The average molecular weight is 368 g/mol. The molecule has 1 aliphatic heterocycles. The number of para-hydroxylation sites is 2. The maximum Gasteiger partial charge on any atom is 0.387 e. The van der Waals surface area contributed by atoms with Crippen LogP contribution in [0, 0.1) is 11.6 Å². The van der Waals surface area contributed by atoms with E-state index in [9.17, 15) is 22.4 Å². The topological polar surface area (TPSA) is 41.6 Å². The number of hydrogen-bond acceptors (Lipinski definition) is 3. The Kier molecular flexibility index (Phi) is 5.29. The number of halogens is 4. The van der Waals surface area contributed by atoms with E-state index in [2.05, 4.69) is 10.1 Å². The molecule has 0 atom stereocenters. The zero-order valence-electron chi connectivity index (χ0n) is 13.6. The summed E-state index contributed by atoms with van der Waals surface area (Å²) in [7, 11) is 0. The van der Waals surface area contributed by atoms with Crippen molar-refractivity contribution in [1.29, 1.82) is 0 Å². The van der Waals surface area contributed by atoms with Gasteiger partial charge in [0.05, 0.1) is 17.9 Å². The van der Waals surface area contributed by atoms with Crippen LogP contribution >= 0.6 is 0 Å². The van der Waals surface area contributed by atoms with E-state index in [-0.39, 0.29) is 23.7 Å². The molecule has 2 aromatic carbocycles. The lowest BCUT2D eigenvalue weighted by Crippen LogP contribution is -2.37. The predicted molar refractivity (Wildman–Crippen MR) is 88.6 cm³/mol. The summed E-state index contributed by atoms with van der Waals surface area (Å²) in [5.41, 5.74) is 0.794. The number of amides is 1. The van der Waals surface area contributed by atoms with Gasteiger partial charge in [-0.15, -0.1) is 0 Å². The third-order valence-electron chi connectivity index (χ3n) is 4.01. The Morgan fingerprint density at radius 2 is 2.00 bits per heavy atom. The molecule has 0 aromatic heterocycles. The molecule has 4 nitrogen and oxygen atoms in total. The van der Waals surface area contributed by atoms with Crippen LogP contribution < -0.4 is 15.0 Å². The van der Waals surface area contributed by atoms with E-state index in [4.69, 9.17) is 0 Å². The molecule has 1 aliphatic rings. The normalized spacial score (nSPS) is 13.5. The van der Waals surface area contributed by atoms with Crippen molar-refractivity contribution >= 4 is 17.3 Å². The molecule has 8 heteroatoms. The summed E-state index contributed by atoms with van der Waals surface area (Å²) >= 11 is 0. The molecule has 2 aromatic rings. The Morgan fingerprint density at radius 3 is 2.77 bits per heavy atom. The van der Waals surface area contributed by atoms with E-state index in [1.165, 1.54) is 29.2 Å². The Labute approximate surface area is 147 Å². The van der Waals surface area contributed by atoms with Crippen molar-refractivity contribution in [1.82, 2.24) is 0 Å². The molecule has 0 unspecified atom stereocenters. The molecule has 0 spiro atoms. The van der Waals surface area contributed by atoms with Gasteiger partial charge in [-0.25, -0.2) is 8.78 Å². The molecular weight excluding hydrogens is 352 g/mol. The van der Waals surface area contributed by atoms with Gasteiger partial charge in [0, 0.05) is 12.6 Å². The number of alkyl halides is 2. The molecule has 0 saturated carbocycles. The van der Waals surface area contributed by atoms with Gasteiger partial charge in [0.2, 0.25) is 5.91 Å². The molecule has 3 rings (SSSR count). The highest BCUT2D eigenvalue weighted by atomic mass is 19.3. The minimum Gasteiger partial charge on any atom is -0.433 e. The smallest absolute Gasteiger partial charge is 0.387 e. The molecule has 0 aliphatic carbocycles. The number of fused-ring (bicyclic) bond motifs is 1. The summed E-state index contributed by atoms with van der Waals surface area (Å²) in [5.74, 6) is -2.07. The van der Waals surface area contributed by atoms with E-state index in [0.717, 1.165) is 6.07 Å². The second-order valence-electron chi connectivity index (χ2n) is 5.84. The van der Waals surface area contributed by atoms with E-state index >= 15 is 0 Å². The predicted octanol–water partition coefficient (Wildman–Crippen LogP) is 3.96. The number of aryl methyl sites for hydroxylation is 1. The molecule has 1 amide bonds. The highest BCUT2D eigenvalue weighted by molar-refractivity contribution is 5.95. The summed E-state index contributed by atoms with van der Waals surface area (Å²) in [4.78, 5) is 13.8. The second-order valence-corrected chi connectivity index (χ2v) is 5.84. The first kappa shape index (κ1) is 18.0. The van der Waals surface area contributed by atoms with Gasteiger partial charge >= 0.3 is 6.61 Å². The zero-order valence-corrected chi connectivity index (χ0v) is 13.6. The number of ether oxygens (including phenoxy) is 1. The van der Waals surface area contributed by atoms with Crippen LogP contribution in [-0.4, -0.2) is 25.6 Å². The van der Waals surface area contributed by atoms with Crippen molar-refractivity contribution in [2.45, 2.75) is 19.5 Å². The Morgan fingerprint density at radius 1 is 1.23 bits per heavy atom. The number of carbonyl (C=O) groups is 1. The van der Waals surface area contributed by atoms with Gasteiger partial charge in [0.15, 0.2) is 0 Å². The average Bonchev–Trinajstić information content (AvgIpc) is 2.55. The lowest BCUT2D eigenvalue weighted by atomic mass is 10.0. The van der Waals surface area contributed by atoms with Crippen LogP contribution in [0.5, 0.6) is 5.75 Å². The number of hydrogen-bond donors (Lipinski definition) is 1. The fourth-order valence-electron chi connectivity index (χ4n) is 3.03. The number of rotatable bonds is 5. The second kappa shape index (κ2) is 7.63. The SMILES string of the molecule is O=C(CN1CCCc2cc(F)cc(F)c21)Nc1ccccc1OC(F)F. The summed E-state index contributed by atoms with van der Waals surface area (Å²) in [5, 5.41) is 2.49. The Balaban J connectivity index is 1.75. The van der Waals surface area contributed by atoms with Crippen molar-refractivity contribution < 1.29 is 27.1 Å². The Bertz CT molecular complexity index is 814. The van der Waals surface area contributed by atoms with Gasteiger partial charge in [-0.1, -0.05) is 12.1 Å². The number of nitrogens with one attached hydrogen (secondary N) is 1. The van der Waals surface area contributed by atoms with Gasteiger partial charge in [-0.2, -0.15) is 8.78 Å². The molecule has 0 fully saturated rings. The molecule has 1 heterocycles. The molecule has 0 bridgehead atoms. The first-order valence-electron chi connectivity index (χ1n) is 8.00. The van der Waals surface area contributed by atoms with Crippen molar-refractivity contribution in [2.24, 2.45) is 0 Å². The highest BCUT2D eigenvalue weighted by Crippen LogP contribution is 2.31. The van der Waals surface area contributed by atoms with Crippen LogP contribution in [0.25, 0.3) is 0 Å². The fraction of sp³-hybridized carbons (Fsp3) is 0.278. The molecule has 1 N–H and O–H groups in total. The third-order valence-corrected chi connectivity index (χ3v) is 4.01. The van der Waals surface area contributed by atoms with Gasteiger partial charge in [-0.3, -0.25) is 4.79 Å². The summed E-state index contributed by atoms with van der Waals surface area (Å²) in [6, 6.07) is 7.83. The van der Waals surface area contributed by atoms with Crippen LogP contribution in [0.1, 0.15) is 12.0 Å². The van der Waals surface area contributed by atoms with Gasteiger partial charge < -0.3 is 15.0 Å². The first-order chi connectivity index (χ1) is 12.4. The quantitative estimate of drug-likeness (QED) is 0.813. The van der Waals surface area contributed by atoms with E-state index in [1.807, 2.05) is 0 Å². The summed E-state index contributed by atoms with van der Waals surface area (Å²) in [6.07, 6.45) is 1.17. The largest absolute Gasteiger partial charge is 0.433 e. The maximum absolute atomic E-state index is 14.2. The van der Waals surface area contributed by atoms with Crippen molar-refractivity contribution in [2.75, 3.05) is 23.3 Å². The zero-order chi connectivity index (χ0) is 18.7. The molecule has 138 valence electrons. The lowest BCUT2D eigenvalue weighted by Gasteiger charge is -2.31.